The Kier molecular flexibility index (Phi) is 5.10. The first-order chi connectivity index (χ1) is 8.75. The van der Waals surface area contributed by atoms with Crippen molar-refractivity contribution in [3.8, 4) is 10.6 Å². The van der Waals surface area contributed by atoms with Crippen LogP contribution in [0.3, 0.4) is 0 Å². The predicted octanol–water partition coefficient (Wildman–Crippen LogP) is 2.34. The second kappa shape index (κ2) is 6.82. The summed E-state index contributed by atoms with van der Waals surface area (Å²) in [7, 11) is 0. The number of aromatic nitrogens is 3. The molecule has 94 valence electrons. The van der Waals surface area contributed by atoms with Gasteiger partial charge in [0.2, 0.25) is 5.24 Å². The lowest BCUT2D eigenvalue weighted by Gasteiger charge is -1.97. The molecule has 2 rings (SSSR count). The third-order valence-corrected chi connectivity index (χ3v) is 4.06. The quantitative estimate of drug-likeness (QED) is 0.467. The van der Waals surface area contributed by atoms with Gasteiger partial charge >= 0.3 is 0 Å². The van der Waals surface area contributed by atoms with Crippen LogP contribution in [0.25, 0.3) is 10.6 Å². The van der Waals surface area contributed by atoms with Crippen molar-refractivity contribution in [2.75, 3.05) is 5.75 Å². The molecular weight excluding hydrogens is 290 g/mol. The molecule has 0 saturated heterocycles. The van der Waals surface area contributed by atoms with E-state index in [1.54, 1.807) is 18.1 Å². The SMILES string of the molecule is O=C(Cl)CCSC[n+]1ccc(-c2ncns2)cc1. The van der Waals surface area contributed by atoms with E-state index in [0.717, 1.165) is 22.2 Å². The smallest absolute Gasteiger partial charge is 0.222 e. The molecule has 0 radical (unpaired) electrons. The summed E-state index contributed by atoms with van der Waals surface area (Å²) in [6.45, 7) is 0. The minimum Gasteiger partial charge on any atom is -0.281 e. The van der Waals surface area contributed by atoms with E-state index in [1.165, 1.54) is 11.5 Å². The molecule has 0 spiro atoms. The van der Waals surface area contributed by atoms with Gasteiger partial charge in [-0.05, 0) is 23.1 Å². The molecule has 0 amide bonds. The highest BCUT2D eigenvalue weighted by molar-refractivity contribution is 7.98. The van der Waals surface area contributed by atoms with Crippen molar-refractivity contribution in [2.24, 2.45) is 0 Å². The van der Waals surface area contributed by atoms with Crippen LogP contribution in [-0.4, -0.2) is 20.4 Å². The van der Waals surface area contributed by atoms with Crippen molar-refractivity contribution in [3.63, 3.8) is 0 Å². The van der Waals surface area contributed by atoms with Crippen molar-refractivity contribution in [3.05, 3.63) is 30.9 Å². The van der Waals surface area contributed by atoms with E-state index >= 15 is 0 Å². The number of rotatable bonds is 6. The van der Waals surface area contributed by atoms with Crippen molar-refractivity contribution in [2.45, 2.75) is 12.3 Å². The van der Waals surface area contributed by atoms with E-state index in [-0.39, 0.29) is 5.24 Å². The third-order valence-electron chi connectivity index (χ3n) is 2.18. The Morgan fingerprint density at radius 1 is 1.44 bits per heavy atom. The van der Waals surface area contributed by atoms with Crippen molar-refractivity contribution < 1.29 is 9.36 Å². The molecular formula is C11H11ClN3OS2+. The Balaban J connectivity index is 1.86. The van der Waals surface area contributed by atoms with E-state index in [4.69, 9.17) is 11.6 Å². The highest BCUT2D eigenvalue weighted by Crippen LogP contribution is 2.17. The molecule has 0 aromatic carbocycles. The summed E-state index contributed by atoms with van der Waals surface area (Å²) < 4.78 is 6.02. The van der Waals surface area contributed by atoms with Crippen LogP contribution in [0.4, 0.5) is 0 Å². The Hall–Kier alpha value is -0.980. The number of hydrogen-bond acceptors (Lipinski definition) is 5. The minimum atomic E-state index is -0.279. The molecule has 18 heavy (non-hydrogen) atoms. The van der Waals surface area contributed by atoms with Crippen LogP contribution in [0.1, 0.15) is 6.42 Å². The van der Waals surface area contributed by atoms with E-state index in [1.807, 2.05) is 29.1 Å². The van der Waals surface area contributed by atoms with Crippen LogP contribution >= 0.6 is 34.9 Å². The maximum Gasteiger partial charge on any atom is 0.222 e. The van der Waals surface area contributed by atoms with Crippen molar-refractivity contribution in [1.29, 1.82) is 0 Å². The van der Waals surface area contributed by atoms with E-state index in [9.17, 15) is 4.79 Å². The third kappa shape index (κ3) is 4.04. The fraction of sp³-hybridized carbons (Fsp3) is 0.273. The van der Waals surface area contributed by atoms with Gasteiger partial charge in [0.15, 0.2) is 18.3 Å². The zero-order valence-electron chi connectivity index (χ0n) is 9.45. The highest BCUT2D eigenvalue weighted by atomic mass is 35.5. The molecule has 0 aliphatic rings. The number of carbonyl (C=O) groups is 1. The average Bonchev–Trinajstić information content (AvgIpc) is 2.89. The van der Waals surface area contributed by atoms with Gasteiger partial charge in [-0.15, -0.1) is 0 Å². The van der Waals surface area contributed by atoms with Crippen LogP contribution in [-0.2, 0) is 10.7 Å². The second-order valence-electron chi connectivity index (χ2n) is 3.49. The largest absolute Gasteiger partial charge is 0.281 e. The fourth-order valence-corrected chi connectivity index (χ4v) is 2.89. The van der Waals surface area contributed by atoms with E-state index in [0.29, 0.717) is 6.42 Å². The number of pyridine rings is 1. The van der Waals surface area contributed by atoms with Gasteiger partial charge in [0.25, 0.3) is 0 Å². The second-order valence-corrected chi connectivity index (χ2v) is 5.77. The summed E-state index contributed by atoms with van der Waals surface area (Å²) in [6, 6.07) is 4.02. The molecule has 0 bridgehead atoms. The Labute approximate surface area is 118 Å². The van der Waals surface area contributed by atoms with Crippen LogP contribution in [0, 0.1) is 0 Å². The molecule has 4 nitrogen and oxygen atoms in total. The zero-order valence-corrected chi connectivity index (χ0v) is 11.8. The van der Waals surface area contributed by atoms with Gasteiger partial charge in [0.1, 0.15) is 11.3 Å². The molecule has 7 heteroatoms. The molecule has 2 aromatic heterocycles. The maximum absolute atomic E-state index is 10.6. The molecule has 2 aromatic rings. The maximum atomic E-state index is 10.6. The van der Waals surface area contributed by atoms with Crippen LogP contribution < -0.4 is 4.57 Å². The summed E-state index contributed by atoms with van der Waals surface area (Å²) in [6.07, 6.45) is 5.95. The number of nitrogens with zero attached hydrogens (tertiary/aromatic N) is 3. The standard InChI is InChI=1S/C11H11ClN3OS2/c12-10(16)3-6-17-8-15-4-1-9(2-5-15)11-13-7-14-18-11/h1-2,4-5,7H,3,6,8H2/q+1. The Morgan fingerprint density at radius 3 is 2.83 bits per heavy atom. The Bertz CT molecular complexity index is 502. The Morgan fingerprint density at radius 2 is 2.22 bits per heavy atom. The summed E-state index contributed by atoms with van der Waals surface area (Å²) in [5, 5.41) is 0.640. The lowest BCUT2D eigenvalue weighted by Crippen LogP contribution is -2.30. The molecule has 2 heterocycles. The lowest BCUT2D eigenvalue weighted by atomic mass is 10.3. The molecule has 0 atom stereocenters. The van der Waals surface area contributed by atoms with Gasteiger partial charge in [-0.2, -0.15) is 8.94 Å². The predicted molar refractivity (Wildman–Crippen MR) is 73.5 cm³/mol. The number of carbonyl (C=O) groups excluding carboxylic acids is 1. The van der Waals surface area contributed by atoms with Crippen LogP contribution in [0.5, 0.6) is 0 Å². The summed E-state index contributed by atoms with van der Waals surface area (Å²) in [5.41, 5.74) is 1.06. The summed E-state index contributed by atoms with van der Waals surface area (Å²) in [4.78, 5) is 14.7. The van der Waals surface area contributed by atoms with Gasteiger partial charge in [0.05, 0.1) is 0 Å². The average molecular weight is 301 g/mol. The van der Waals surface area contributed by atoms with E-state index in [2.05, 4.69) is 9.36 Å². The number of halogens is 1. The molecule has 0 fully saturated rings. The number of hydrogen-bond donors (Lipinski definition) is 0. The normalized spacial score (nSPS) is 10.5. The monoisotopic (exact) mass is 300 g/mol. The first-order valence-electron chi connectivity index (χ1n) is 5.28. The molecule has 0 N–H and O–H groups in total. The lowest BCUT2D eigenvalue weighted by molar-refractivity contribution is -0.675. The number of thioether (sulfide) groups is 1. The van der Waals surface area contributed by atoms with Gasteiger partial charge in [0, 0.05) is 29.9 Å². The van der Waals surface area contributed by atoms with E-state index < -0.39 is 0 Å². The van der Waals surface area contributed by atoms with Crippen molar-refractivity contribution in [1.82, 2.24) is 9.36 Å². The van der Waals surface area contributed by atoms with Gasteiger partial charge in [-0.25, -0.2) is 4.98 Å². The highest BCUT2D eigenvalue weighted by Gasteiger charge is 2.05. The van der Waals surface area contributed by atoms with Crippen LogP contribution in [0.2, 0.25) is 0 Å². The molecule has 0 unspecified atom stereocenters. The zero-order chi connectivity index (χ0) is 12.8. The first-order valence-corrected chi connectivity index (χ1v) is 7.58. The molecule has 0 saturated carbocycles. The first kappa shape index (κ1) is 13.5. The van der Waals surface area contributed by atoms with Crippen molar-refractivity contribution >= 4 is 40.1 Å². The van der Waals surface area contributed by atoms with Gasteiger partial charge < -0.3 is 0 Å². The summed E-state index contributed by atoms with van der Waals surface area (Å²) in [5.74, 6) is 1.55. The summed E-state index contributed by atoms with van der Waals surface area (Å²) >= 11 is 8.32. The molecule has 0 aliphatic heterocycles. The topological polar surface area (TPSA) is 46.7 Å². The van der Waals surface area contributed by atoms with Gasteiger partial charge in [-0.1, -0.05) is 11.8 Å². The fourth-order valence-electron chi connectivity index (χ4n) is 1.31. The minimum absolute atomic E-state index is 0.279. The van der Waals surface area contributed by atoms with Crippen LogP contribution in [0.15, 0.2) is 30.9 Å². The van der Waals surface area contributed by atoms with Gasteiger partial charge in [-0.3, -0.25) is 4.79 Å². The molecule has 0 aliphatic carbocycles.